The number of benzene rings is 1. The normalized spacial score (nSPS) is 16.9. The summed E-state index contributed by atoms with van der Waals surface area (Å²) in [4.78, 5) is 18.9. The molecule has 1 fully saturated rings. The van der Waals surface area contributed by atoms with E-state index in [0.29, 0.717) is 13.0 Å². The fourth-order valence-electron chi connectivity index (χ4n) is 3.58. The average Bonchev–Trinajstić information content (AvgIpc) is 3.41. The molecule has 146 valence electrons. The molecule has 0 spiro atoms. The van der Waals surface area contributed by atoms with Crippen LogP contribution >= 0.6 is 0 Å². The number of rotatable bonds is 6. The number of carbonyl (C=O) groups excluding carboxylic acids is 1. The molecule has 3 aromatic rings. The molecule has 1 atom stereocenters. The number of aromatic nitrogens is 3. The molecule has 1 saturated heterocycles. The van der Waals surface area contributed by atoms with Crippen molar-refractivity contribution in [2.75, 3.05) is 20.2 Å². The first-order chi connectivity index (χ1) is 13.7. The van der Waals surface area contributed by atoms with Gasteiger partial charge in [-0.1, -0.05) is 12.1 Å². The number of methoxy groups -OCH3 is 1. The van der Waals surface area contributed by atoms with Gasteiger partial charge in [-0.25, -0.2) is 4.98 Å². The van der Waals surface area contributed by atoms with Crippen molar-refractivity contribution >= 4 is 5.91 Å². The van der Waals surface area contributed by atoms with E-state index < -0.39 is 0 Å². The molecule has 2 aromatic heterocycles. The minimum atomic E-state index is 0.0819. The first-order valence-electron chi connectivity index (χ1n) is 9.54. The van der Waals surface area contributed by atoms with Crippen molar-refractivity contribution in [1.82, 2.24) is 19.7 Å². The molecule has 0 saturated carbocycles. The molecule has 1 aliphatic heterocycles. The molecule has 7 nitrogen and oxygen atoms in total. The quantitative estimate of drug-likeness (QED) is 0.657. The standard InChI is InChI=1S/C21H24N4O3/c1-27-18-7-5-16(6-8-18)12-19-13-22-21(28-19)17-4-2-10-24(14-17)20(26)15-25-11-3-9-23-25/h3,5-9,11,13,17H,2,4,10,12,14-15H2,1H3/t17-/m1/s1. The summed E-state index contributed by atoms with van der Waals surface area (Å²) >= 11 is 0. The van der Waals surface area contributed by atoms with Gasteiger partial charge in [-0.3, -0.25) is 9.48 Å². The number of piperidine rings is 1. The largest absolute Gasteiger partial charge is 0.497 e. The zero-order valence-corrected chi connectivity index (χ0v) is 16.0. The molecule has 1 aliphatic rings. The second-order valence-corrected chi connectivity index (χ2v) is 7.07. The molecule has 0 unspecified atom stereocenters. The molecule has 1 aromatic carbocycles. The highest BCUT2D eigenvalue weighted by molar-refractivity contribution is 5.76. The third-order valence-electron chi connectivity index (χ3n) is 5.09. The van der Waals surface area contributed by atoms with Crippen molar-refractivity contribution in [1.29, 1.82) is 0 Å². The van der Waals surface area contributed by atoms with E-state index in [-0.39, 0.29) is 18.4 Å². The lowest BCUT2D eigenvalue weighted by molar-refractivity contribution is -0.133. The second-order valence-electron chi connectivity index (χ2n) is 7.07. The summed E-state index contributed by atoms with van der Waals surface area (Å²) in [7, 11) is 1.66. The van der Waals surface area contributed by atoms with Gasteiger partial charge in [0.05, 0.1) is 19.2 Å². The van der Waals surface area contributed by atoms with Gasteiger partial charge in [0.1, 0.15) is 18.1 Å². The van der Waals surface area contributed by atoms with Crippen LogP contribution in [0.1, 0.15) is 36.0 Å². The first-order valence-corrected chi connectivity index (χ1v) is 9.54. The van der Waals surface area contributed by atoms with E-state index in [0.717, 1.165) is 42.4 Å². The summed E-state index contributed by atoms with van der Waals surface area (Å²) in [6.45, 7) is 1.69. The minimum Gasteiger partial charge on any atom is -0.497 e. The molecule has 0 N–H and O–H groups in total. The van der Waals surface area contributed by atoms with E-state index in [1.165, 1.54) is 0 Å². The van der Waals surface area contributed by atoms with Gasteiger partial charge in [-0.15, -0.1) is 0 Å². The Labute approximate surface area is 163 Å². The molecule has 28 heavy (non-hydrogen) atoms. The minimum absolute atomic E-state index is 0.0819. The van der Waals surface area contributed by atoms with Crippen molar-refractivity contribution in [2.45, 2.75) is 31.7 Å². The Balaban J connectivity index is 1.37. The summed E-state index contributed by atoms with van der Waals surface area (Å²) in [5.74, 6) is 2.61. The van der Waals surface area contributed by atoms with Gasteiger partial charge in [0, 0.05) is 31.9 Å². The van der Waals surface area contributed by atoms with Crippen molar-refractivity contribution in [2.24, 2.45) is 0 Å². The molecule has 0 aliphatic carbocycles. The summed E-state index contributed by atoms with van der Waals surface area (Å²) < 4.78 is 12.9. The van der Waals surface area contributed by atoms with Gasteiger partial charge in [0.25, 0.3) is 0 Å². The molecule has 1 amide bonds. The lowest BCUT2D eigenvalue weighted by Crippen LogP contribution is -2.41. The van der Waals surface area contributed by atoms with Crippen LogP contribution in [0.5, 0.6) is 5.75 Å². The van der Waals surface area contributed by atoms with Crippen LogP contribution < -0.4 is 4.74 Å². The molecule has 7 heteroatoms. The number of hydrogen-bond acceptors (Lipinski definition) is 5. The molecular weight excluding hydrogens is 356 g/mol. The predicted molar refractivity (Wildman–Crippen MR) is 103 cm³/mol. The lowest BCUT2D eigenvalue weighted by atomic mass is 9.98. The Kier molecular flexibility index (Phi) is 5.41. The lowest BCUT2D eigenvalue weighted by Gasteiger charge is -2.31. The number of amides is 1. The summed E-state index contributed by atoms with van der Waals surface area (Å²) in [5, 5.41) is 4.11. The van der Waals surface area contributed by atoms with Gasteiger partial charge in [0.2, 0.25) is 5.91 Å². The van der Waals surface area contributed by atoms with E-state index in [9.17, 15) is 4.79 Å². The van der Waals surface area contributed by atoms with Crippen LogP contribution in [0, 0.1) is 0 Å². The average molecular weight is 380 g/mol. The van der Waals surface area contributed by atoms with Crippen LogP contribution in [0.4, 0.5) is 0 Å². The van der Waals surface area contributed by atoms with Crippen molar-refractivity contribution in [3.8, 4) is 5.75 Å². The number of oxazole rings is 1. The van der Waals surface area contributed by atoms with Crippen LogP contribution in [0.3, 0.4) is 0 Å². The van der Waals surface area contributed by atoms with Crippen LogP contribution in [0.25, 0.3) is 0 Å². The predicted octanol–water partition coefficient (Wildman–Crippen LogP) is 2.88. The second kappa shape index (κ2) is 8.29. The highest BCUT2D eigenvalue weighted by atomic mass is 16.5. The molecule has 4 rings (SSSR count). The van der Waals surface area contributed by atoms with E-state index in [2.05, 4.69) is 10.1 Å². The van der Waals surface area contributed by atoms with Gasteiger partial charge in [-0.2, -0.15) is 5.10 Å². The Morgan fingerprint density at radius 3 is 2.93 bits per heavy atom. The monoisotopic (exact) mass is 380 g/mol. The zero-order chi connectivity index (χ0) is 19.3. The van der Waals surface area contributed by atoms with Gasteiger partial charge in [-0.05, 0) is 36.6 Å². The van der Waals surface area contributed by atoms with Crippen LogP contribution in [0.2, 0.25) is 0 Å². The third-order valence-corrected chi connectivity index (χ3v) is 5.09. The van der Waals surface area contributed by atoms with Gasteiger partial charge >= 0.3 is 0 Å². The van der Waals surface area contributed by atoms with Crippen LogP contribution in [-0.2, 0) is 17.8 Å². The van der Waals surface area contributed by atoms with E-state index in [1.54, 1.807) is 30.4 Å². The third kappa shape index (κ3) is 4.24. The highest BCUT2D eigenvalue weighted by Crippen LogP contribution is 2.27. The summed E-state index contributed by atoms with van der Waals surface area (Å²) in [6.07, 6.45) is 7.90. The maximum Gasteiger partial charge on any atom is 0.244 e. The fourth-order valence-corrected chi connectivity index (χ4v) is 3.58. The Hall–Kier alpha value is -3.09. The molecule has 3 heterocycles. The first kappa shape index (κ1) is 18.3. The smallest absolute Gasteiger partial charge is 0.244 e. The number of hydrogen-bond donors (Lipinski definition) is 0. The molecule has 0 bridgehead atoms. The van der Waals surface area contributed by atoms with Gasteiger partial charge < -0.3 is 14.1 Å². The van der Waals surface area contributed by atoms with Crippen molar-refractivity contribution in [3.63, 3.8) is 0 Å². The Bertz CT molecular complexity index is 902. The maximum absolute atomic E-state index is 12.5. The maximum atomic E-state index is 12.5. The van der Waals surface area contributed by atoms with Crippen LogP contribution in [0.15, 0.2) is 53.3 Å². The SMILES string of the molecule is COc1ccc(Cc2cnc([C@@H]3CCCN(C(=O)Cn4cccn4)C3)o2)cc1. The van der Waals surface area contributed by atoms with E-state index in [1.807, 2.05) is 35.2 Å². The Morgan fingerprint density at radius 2 is 2.18 bits per heavy atom. The van der Waals surface area contributed by atoms with Crippen molar-refractivity contribution in [3.05, 3.63) is 66.1 Å². The number of ether oxygens (including phenoxy) is 1. The fraction of sp³-hybridized carbons (Fsp3) is 0.381. The Morgan fingerprint density at radius 1 is 1.32 bits per heavy atom. The topological polar surface area (TPSA) is 73.4 Å². The zero-order valence-electron chi connectivity index (χ0n) is 16.0. The van der Waals surface area contributed by atoms with Crippen LogP contribution in [-0.4, -0.2) is 45.8 Å². The van der Waals surface area contributed by atoms with E-state index in [4.69, 9.17) is 9.15 Å². The molecule has 0 radical (unpaired) electrons. The number of carbonyl (C=O) groups is 1. The summed E-state index contributed by atoms with van der Waals surface area (Å²) in [6, 6.07) is 9.76. The number of nitrogens with zero attached hydrogens (tertiary/aromatic N) is 4. The highest BCUT2D eigenvalue weighted by Gasteiger charge is 2.28. The summed E-state index contributed by atoms with van der Waals surface area (Å²) in [5.41, 5.74) is 1.14. The number of likely N-dealkylation sites (tertiary alicyclic amines) is 1. The van der Waals surface area contributed by atoms with Gasteiger partial charge in [0.15, 0.2) is 5.89 Å². The van der Waals surface area contributed by atoms with Crippen molar-refractivity contribution < 1.29 is 13.9 Å². The molecular formula is C21H24N4O3. The van der Waals surface area contributed by atoms with E-state index >= 15 is 0 Å².